The van der Waals surface area contributed by atoms with Gasteiger partial charge in [-0.1, -0.05) is 346 Å². The number of allylic oxidation sites excluding steroid dienone is 6. The van der Waals surface area contributed by atoms with E-state index < -0.39 is 12.1 Å². The maximum absolute atomic E-state index is 12.6. The normalized spacial score (nSPS) is 12.7. The third-order valence-corrected chi connectivity index (χ3v) is 17.2. The second-order valence-electron chi connectivity index (χ2n) is 25.3. The van der Waals surface area contributed by atoms with E-state index in [1.165, 1.54) is 321 Å². The van der Waals surface area contributed by atoms with Crippen LogP contribution in [0.4, 0.5) is 0 Å². The van der Waals surface area contributed by atoms with E-state index in [9.17, 15) is 19.8 Å². The molecular formula is C75H143NO5. The summed E-state index contributed by atoms with van der Waals surface area (Å²) in [6.07, 6.45) is 90.5. The van der Waals surface area contributed by atoms with Crippen molar-refractivity contribution >= 4 is 11.9 Å². The number of aliphatic hydroxyl groups is 2. The first kappa shape index (κ1) is 79.1. The van der Waals surface area contributed by atoms with Gasteiger partial charge in [-0.05, 0) is 83.5 Å². The molecule has 0 spiro atoms. The Bertz CT molecular complexity index is 1310. The monoisotopic (exact) mass is 1140 g/mol. The zero-order valence-corrected chi connectivity index (χ0v) is 54.8. The van der Waals surface area contributed by atoms with E-state index >= 15 is 0 Å². The topological polar surface area (TPSA) is 95.9 Å². The van der Waals surface area contributed by atoms with Crippen LogP contribution in [0.3, 0.4) is 0 Å². The maximum Gasteiger partial charge on any atom is 0.305 e. The molecule has 2 unspecified atom stereocenters. The molecule has 0 aromatic heterocycles. The summed E-state index contributed by atoms with van der Waals surface area (Å²) in [7, 11) is 0. The lowest BCUT2D eigenvalue weighted by Gasteiger charge is -2.22. The van der Waals surface area contributed by atoms with Crippen molar-refractivity contribution in [3.05, 3.63) is 36.5 Å². The number of rotatable bonds is 69. The Hall–Kier alpha value is -1.92. The number of hydrogen-bond acceptors (Lipinski definition) is 5. The lowest BCUT2D eigenvalue weighted by Crippen LogP contribution is -2.45. The third-order valence-electron chi connectivity index (χ3n) is 17.2. The van der Waals surface area contributed by atoms with Crippen molar-refractivity contribution in [3.8, 4) is 0 Å². The van der Waals surface area contributed by atoms with Gasteiger partial charge in [-0.15, -0.1) is 0 Å². The van der Waals surface area contributed by atoms with Crippen molar-refractivity contribution in [3.63, 3.8) is 0 Å². The van der Waals surface area contributed by atoms with Crippen molar-refractivity contribution in [1.82, 2.24) is 5.32 Å². The van der Waals surface area contributed by atoms with E-state index in [1.807, 2.05) is 0 Å². The number of amides is 1. The van der Waals surface area contributed by atoms with Gasteiger partial charge in [-0.2, -0.15) is 0 Å². The van der Waals surface area contributed by atoms with Crippen molar-refractivity contribution in [2.24, 2.45) is 0 Å². The first-order valence-electron chi connectivity index (χ1n) is 36.7. The van der Waals surface area contributed by atoms with Crippen LogP contribution in [0.5, 0.6) is 0 Å². The Morgan fingerprint density at radius 2 is 0.617 bits per heavy atom. The summed E-state index contributed by atoms with van der Waals surface area (Å²) in [5.74, 6) is -0.0345. The SMILES string of the molecule is CCCCCCCCC/C=C\CCCCCCCC(=O)OCCCCCCCCCCC/C=C\C/C=C\CCCCCCCCCCCC(=O)NC(CO)C(O)CCCCCCCCCCCCCCCCCCCCCCCCC. The largest absolute Gasteiger partial charge is 0.466 e. The zero-order chi connectivity index (χ0) is 58.5. The highest BCUT2D eigenvalue weighted by atomic mass is 16.5. The van der Waals surface area contributed by atoms with E-state index in [0.717, 1.165) is 51.4 Å². The van der Waals surface area contributed by atoms with Crippen molar-refractivity contribution in [2.75, 3.05) is 13.2 Å². The molecular weight excluding hydrogens is 995 g/mol. The zero-order valence-electron chi connectivity index (χ0n) is 54.8. The molecule has 0 aliphatic heterocycles. The number of hydrogen-bond donors (Lipinski definition) is 3. The highest BCUT2D eigenvalue weighted by molar-refractivity contribution is 5.76. The molecule has 0 fully saturated rings. The summed E-state index contributed by atoms with van der Waals surface area (Å²) in [6.45, 7) is 4.98. The lowest BCUT2D eigenvalue weighted by molar-refractivity contribution is -0.143. The minimum Gasteiger partial charge on any atom is -0.466 e. The Morgan fingerprint density at radius 1 is 0.346 bits per heavy atom. The van der Waals surface area contributed by atoms with Gasteiger partial charge in [-0.3, -0.25) is 9.59 Å². The Kier molecular flexibility index (Phi) is 68.9. The molecule has 3 N–H and O–H groups in total. The highest BCUT2D eigenvalue weighted by Crippen LogP contribution is 2.19. The molecule has 0 aliphatic rings. The van der Waals surface area contributed by atoms with Crippen LogP contribution in [0.25, 0.3) is 0 Å². The number of nitrogens with one attached hydrogen (secondary N) is 1. The summed E-state index contributed by atoms with van der Waals surface area (Å²) in [4.78, 5) is 24.6. The van der Waals surface area contributed by atoms with E-state index in [-0.39, 0.29) is 18.5 Å². The van der Waals surface area contributed by atoms with Gasteiger partial charge in [-0.25, -0.2) is 0 Å². The molecule has 1 amide bonds. The molecule has 6 heteroatoms. The van der Waals surface area contributed by atoms with Crippen LogP contribution in [0.2, 0.25) is 0 Å². The predicted molar refractivity (Wildman–Crippen MR) is 356 cm³/mol. The summed E-state index contributed by atoms with van der Waals surface area (Å²) in [5.41, 5.74) is 0. The molecule has 0 saturated carbocycles. The fourth-order valence-electron chi connectivity index (χ4n) is 11.6. The minimum absolute atomic E-state index is 0.00236. The van der Waals surface area contributed by atoms with Crippen LogP contribution < -0.4 is 5.32 Å². The summed E-state index contributed by atoms with van der Waals surface area (Å²) >= 11 is 0. The van der Waals surface area contributed by atoms with E-state index in [2.05, 4.69) is 55.6 Å². The second kappa shape index (κ2) is 70.6. The smallest absolute Gasteiger partial charge is 0.305 e. The standard InChI is InChI=1S/C75H143NO5/c1-3-5-7-9-11-13-15-17-19-21-22-23-27-30-33-36-39-43-47-51-55-59-63-67-73(78)72(71-77)76-74(79)68-64-60-56-52-48-44-40-37-34-31-28-25-24-26-29-32-35-38-42-46-50-54-58-62-66-70-81-75(80)69-65-61-57-53-49-45-41-20-18-16-14-12-10-8-6-4-2/h20,25-26,28-29,41,72-73,77-78H,3-19,21-24,27,30-40,42-71H2,1-2H3,(H,76,79)/b28-25-,29-26-,41-20-. The number of esters is 1. The number of ether oxygens (including phenoxy) is 1. The van der Waals surface area contributed by atoms with Gasteiger partial charge >= 0.3 is 5.97 Å². The van der Waals surface area contributed by atoms with E-state index in [4.69, 9.17) is 4.74 Å². The van der Waals surface area contributed by atoms with Crippen LogP contribution in [0, 0.1) is 0 Å². The Balaban J connectivity index is 3.43. The van der Waals surface area contributed by atoms with Crippen LogP contribution in [0.15, 0.2) is 36.5 Å². The lowest BCUT2D eigenvalue weighted by atomic mass is 10.0. The van der Waals surface area contributed by atoms with E-state index in [1.54, 1.807) is 0 Å². The van der Waals surface area contributed by atoms with Gasteiger partial charge in [0.1, 0.15) is 0 Å². The maximum atomic E-state index is 12.6. The summed E-state index contributed by atoms with van der Waals surface area (Å²) in [5, 5.41) is 23.4. The van der Waals surface area contributed by atoms with Crippen molar-refractivity contribution < 1.29 is 24.5 Å². The average molecular weight is 1140 g/mol. The number of unbranched alkanes of at least 4 members (excludes halogenated alkanes) is 52. The van der Waals surface area contributed by atoms with Crippen LogP contribution in [0.1, 0.15) is 406 Å². The van der Waals surface area contributed by atoms with Gasteiger partial charge in [0, 0.05) is 12.8 Å². The predicted octanol–water partition coefficient (Wildman–Crippen LogP) is 23.9. The van der Waals surface area contributed by atoms with Gasteiger partial charge in [0.2, 0.25) is 5.91 Å². The highest BCUT2D eigenvalue weighted by Gasteiger charge is 2.20. The molecule has 0 bridgehead atoms. The molecule has 6 nitrogen and oxygen atoms in total. The molecule has 81 heavy (non-hydrogen) atoms. The quantitative estimate of drug-likeness (QED) is 0.0320. The minimum atomic E-state index is -0.670. The second-order valence-corrected chi connectivity index (χ2v) is 25.3. The summed E-state index contributed by atoms with van der Waals surface area (Å²) in [6, 6.07) is -0.548. The first-order chi connectivity index (χ1) is 40.0. The molecule has 478 valence electrons. The molecule has 2 atom stereocenters. The van der Waals surface area contributed by atoms with Gasteiger partial charge < -0.3 is 20.3 Å². The Labute approximate surface area is 506 Å². The molecule has 0 heterocycles. The molecule has 0 aromatic carbocycles. The molecule has 0 rings (SSSR count). The molecule has 0 aromatic rings. The average Bonchev–Trinajstić information content (AvgIpc) is 3.47. The third kappa shape index (κ3) is 67.1. The van der Waals surface area contributed by atoms with E-state index in [0.29, 0.717) is 25.9 Å². The fourth-order valence-corrected chi connectivity index (χ4v) is 11.6. The van der Waals surface area contributed by atoms with Crippen molar-refractivity contribution in [1.29, 1.82) is 0 Å². The summed E-state index contributed by atoms with van der Waals surface area (Å²) < 4.78 is 5.49. The first-order valence-corrected chi connectivity index (χ1v) is 36.7. The number of aliphatic hydroxyl groups excluding tert-OH is 2. The van der Waals surface area contributed by atoms with Gasteiger partial charge in [0.15, 0.2) is 0 Å². The van der Waals surface area contributed by atoms with Crippen LogP contribution in [-0.4, -0.2) is 47.4 Å². The number of carbonyl (C=O) groups is 2. The Morgan fingerprint density at radius 3 is 0.951 bits per heavy atom. The van der Waals surface area contributed by atoms with Crippen LogP contribution in [-0.2, 0) is 14.3 Å². The van der Waals surface area contributed by atoms with Gasteiger partial charge in [0.25, 0.3) is 0 Å². The molecule has 0 saturated heterocycles. The number of carbonyl (C=O) groups excluding carboxylic acids is 2. The van der Waals surface area contributed by atoms with Gasteiger partial charge in [0.05, 0.1) is 25.4 Å². The van der Waals surface area contributed by atoms with Crippen LogP contribution >= 0.6 is 0 Å². The molecule has 0 radical (unpaired) electrons. The fraction of sp³-hybridized carbons (Fsp3) is 0.893. The molecule has 0 aliphatic carbocycles. The van der Waals surface area contributed by atoms with Crippen molar-refractivity contribution in [2.45, 2.75) is 418 Å².